The highest BCUT2D eigenvalue weighted by molar-refractivity contribution is 5.85. The summed E-state index contributed by atoms with van der Waals surface area (Å²) in [6.07, 6.45) is 1.93. The van der Waals surface area contributed by atoms with Crippen molar-refractivity contribution < 1.29 is 9.59 Å². The van der Waals surface area contributed by atoms with Crippen molar-refractivity contribution in [1.29, 1.82) is 0 Å². The lowest BCUT2D eigenvalue weighted by atomic mass is 10.1. The SMILES string of the molecule is CC(=O)NC1CCCN(C(=O)CN2CCNC[C@@H]2C)C1.Cl. The maximum absolute atomic E-state index is 12.4. The van der Waals surface area contributed by atoms with E-state index in [1.165, 1.54) is 6.92 Å². The number of carbonyl (C=O) groups excluding carboxylic acids is 2. The third-order valence-electron chi connectivity index (χ3n) is 4.16. The summed E-state index contributed by atoms with van der Waals surface area (Å²) in [5, 5.41) is 6.25. The first-order valence-electron chi connectivity index (χ1n) is 7.56. The smallest absolute Gasteiger partial charge is 0.236 e. The Morgan fingerprint density at radius 2 is 2.10 bits per heavy atom. The molecule has 0 aromatic rings. The summed E-state index contributed by atoms with van der Waals surface area (Å²) < 4.78 is 0. The van der Waals surface area contributed by atoms with Crippen LogP contribution in [0.4, 0.5) is 0 Å². The van der Waals surface area contributed by atoms with Crippen molar-refractivity contribution in [2.45, 2.75) is 38.8 Å². The number of hydrogen-bond acceptors (Lipinski definition) is 4. The number of likely N-dealkylation sites (tertiary alicyclic amines) is 1. The van der Waals surface area contributed by atoms with E-state index >= 15 is 0 Å². The van der Waals surface area contributed by atoms with Gasteiger partial charge in [-0.15, -0.1) is 12.4 Å². The second kappa shape index (κ2) is 8.56. The Hall–Kier alpha value is -0.850. The predicted octanol–water partition coefficient (Wildman–Crippen LogP) is -0.171. The molecule has 0 saturated carbocycles. The first-order valence-corrected chi connectivity index (χ1v) is 7.56. The van der Waals surface area contributed by atoms with Gasteiger partial charge in [0.05, 0.1) is 6.54 Å². The summed E-state index contributed by atoms with van der Waals surface area (Å²) in [5.74, 6) is 0.175. The molecule has 0 spiro atoms. The molecule has 2 amide bonds. The zero-order chi connectivity index (χ0) is 14.5. The molecule has 0 bridgehead atoms. The van der Waals surface area contributed by atoms with E-state index in [9.17, 15) is 9.59 Å². The minimum atomic E-state index is -0.0139. The molecule has 0 aliphatic carbocycles. The molecule has 2 atom stereocenters. The zero-order valence-electron chi connectivity index (χ0n) is 12.9. The molecule has 21 heavy (non-hydrogen) atoms. The second-order valence-corrected chi connectivity index (χ2v) is 5.90. The molecule has 2 fully saturated rings. The molecule has 1 unspecified atom stereocenters. The normalized spacial score (nSPS) is 26.9. The zero-order valence-corrected chi connectivity index (χ0v) is 13.7. The number of hydrogen-bond donors (Lipinski definition) is 2. The molecule has 2 aliphatic rings. The van der Waals surface area contributed by atoms with Crippen molar-refractivity contribution in [3.8, 4) is 0 Å². The van der Waals surface area contributed by atoms with Crippen LogP contribution in [0.1, 0.15) is 26.7 Å². The summed E-state index contributed by atoms with van der Waals surface area (Å²) in [7, 11) is 0. The number of amides is 2. The van der Waals surface area contributed by atoms with Gasteiger partial charge in [0.25, 0.3) is 0 Å². The maximum atomic E-state index is 12.4. The summed E-state index contributed by atoms with van der Waals surface area (Å²) in [6.45, 7) is 8.46. The number of halogens is 1. The third kappa shape index (κ3) is 5.45. The first kappa shape index (κ1) is 18.2. The molecule has 0 aromatic heterocycles. The van der Waals surface area contributed by atoms with Crippen LogP contribution in [0.2, 0.25) is 0 Å². The van der Waals surface area contributed by atoms with Gasteiger partial charge in [-0.2, -0.15) is 0 Å². The average molecular weight is 319 g/mol. The molecule has 7 heteroatoms. The molecule has 0 aromatic carbocycles. The molecular formula is C14H27ClN4O2. The summed E-state index contributed by atoms with van der Waals surface area (Å²) in [6, 6.07) is 0.522. The van der Waals surface area contributed by atoms with Crippen LogP contribution in [0.15, 0.2) is 0 Å². The van der Waals surface area contributed by atoms with E-state index in [-0.39, 0.29) is 30.3 Å². The van der Waals surface area contributed by atoms with E-state index in [0.29, 0.717) is 19.1 Å². The minimum Gasteiger partial charge on any atom is -0.352 e. The van der Waals surface area contributed by atoms with Crippen molar-refractivity contribution >= 4 is 24.2 Å². The summed E-state index contributed by atoms with van der Waals surface area (Å²) in [4.78, 5) is 27.7. The lowest BCUT2D eigenvalue weighted by molar-refractivity contribution is -0.135. The van der Waals surface area contributed by atoms with E-state index < -0.39 is 0 Å². The fraction of sp³-hybridized carbons (Fsp3) is 0.857. The highest BCUT2D eigenvalue weighted by Gasteiger charge is 2.27. The van der Waals surface area contributed by atoms with Gasteiger partial charge >= 0.3 is 0 Å². The van der Waals surface area contributed by atoms with Gasteiger partial charge in [0.1, 0.15) is 0 Å². The third-order valence-corrected chi connectivity index (χ3v) is 4.16. The quantitative estimate of drug-likeness (QED) is 0.758. The van der Waals surface area contributed by atoms with E-state index in [1.54, 1.807) is 0 Å². The highest BCUT2D eigenvalue weighted by atomic mass is 35.5. The van der Waals surface area contributed by atoms with Crippen molar-refractivity contribution in [1.82, 2.24) is 20.4 Å². The van der Waals surface area contributed by atoms with Crippen molar-refractivity contribution in [2.24, 2.45) is 0 Å². The Balaban J connectivity index is 0.00000220. The number of carbonyl (C=O) groups is 2. The minimum absolute atomic E-state index is 0. The molecule has 2 heterocycles. The van der Waals surface area contributed by atoms with Gasteiger partial charge in [0.2, 0.25) is 11.8 Å². The monoisotopic (exact) mass is 318 g/mol. The average Bonchev–Trinajstić information content (AvgIpc) is 2.41. The summed E-state index contributed by atoms with van der Waals surface area (Å²) in [5.41, 5.74) is 0. The van der Waals surface area contributed by atoms with Crippen molar-refractivity contribution in [3.63, 3.8) is 0 Å². The van der Waals surface area contributed by atoms with Gasteiger partial charge in [0, 0.05) is 51.7 Å². The van der Waals surface area contributed by atoms with Gasteiger partial charge in [-0.05, 0) is 19.8 Å². The topological polar surface area (TPSA) is 64.7 Å². The Morgan fingerprint density at radius 1 is 1.33 bits per heavy atom. The molecule has 6 nitrogen and oxygen atoms in total. The molecule has 2 N–H and O–H groups in total. The van der Waals surface area contributed by atoms with Gasteiger partial charge < -0.3 is 15.5 Å². The van der Waals surface area contributed by atoms with Crippen molar-refractivity contribution in [2.75, 3.05) is 39.3 Å². The van der Waals surface area contributed by atoms with E-state index in [0.717, 1.165) is 39.0 Å². The standard InChI is InChI=1S/C14H26N4O2.ClH/c1-11-8-15-5-7-17(11)10-14(20)18-6-3-4-13(9-18)16-12(2)19;/h11,13,15H,3-10H2,1-2H3,(H,16,19);1H/t11-,13?;/m0./s1. The second-order valence-electron chi connectivity index (χ2n) is 5.90. The first-order chi connectivity index (χ1) is 9.56. The largest absolute Gasteiger partial charge is 0.352 e. The maximum Gasteiger partial charge on any atom is 0.236 e. The van der Waals surface area contributed by atoms with Gasteiger partial charge in [-0.3, -0.25) is 14.5 Å². The van der Waals surface area contributed by atoms with Crippen LogP contribution < -0.4 is 10.6 Å². The Labute approximate surface area is 133 Å². The summed E-state index contributed by atoms with van der Waals surface area (Å²) >= 11 is 0. The van der Waals surface area contributed by atoms with Crippen LogP contribution in [-0.2, 0) is 9.59 Å². The number of piperazine rings is 1. The van der Waals surface area contributed by atoms with Crippen LogP contribution in [-0.4, -0.2) is 73.0 Å². The highest BCUT2D eigenvalue weighted by Crippen LogP contribution is 2.12. The number of rotatable bonds is 3. The number of piperidine rings is 1. The Kier molecular flexibility index (Phi) is 7.42. The number of nitrogens with zero attached hydrogens (tertiary/aromatic N) is 2. The van der Waals surface area contributed by atoms with Crippen LogP contribution in [0.25, 0.3) is 0 Å². The van der Waals surface area contributed by atoms with Crippen LogP contribution in [0, 0.1) is 0 Å². The van der Waals surface area contributed by atoms with Gasteiger partial charge in [0.15, 0.2) is 0 Å². The van der Waals surface area contributed by atoms with E-state index in [4.69, 9.17) is 0 Å². The van der Waals surface area contributed by atoms with E-state index in [1.807, 2.05) is 4.90 Å². The van der Waals surface area contributed by atoms with Crippen molar-refractivity contribution in [3.05, 3.63) is 0 Å². The molecule has 2 saturated heterocycles. The Bertz CT molecular complexity index is 367. The van der Waals surface area contributed by atoms with Crippen LogP contribution in [0.5, 0.6) is 0 Å². The Morgan fingerprint density at radius 3 is 2.76 bits per heavy atom. The number of nitrogens with one attached hydrogen (secondary N) is 2. The van der Waals surface area contributed by atoms with Gasteiger partial charge in [-0.25, -0.2) is 0 Å². The van der Waals surface area contributed by atoms with Crippen LogP contribution >= 0.6 is 12.4 Å². The van der Waals surface area contributed by atoms with Crippen LogP contribution in [0.3, 0.4) is 0 Å². The van der Waals surface area contributed by atoms with Gasteiger partial charge in [-0.1, -0.05) is 0 Å². The molecule has 2 rings (SSSR count). The fourth-order valence-corrected chi connectivity index (χ4v) is 3.00. The molecule has 122 valence electrons. The molecular weight excluding hydrogens is 292 g/mol. The molecule has 2 aliphatic heterocycles. The molecule has 0 radical (unpaired) electrons. The lowest BCUT2D eigenvalue weighted by Crippen LogP contribution is -2.55. The van der Waals surface area contributed by atoms with E-state index in [2.05, 4.69) is 22.5 Å². The predicted molar refractivity (Wildman–Crippen MR) is 84.6 cm³/mol. The lowest BCUT2D eigenvalue weighted by Gasteiger charge is -2.37. The fourth-order valence-electron chi connectivity index (χ4n) is 3.00.